The van der Waals surface area contributed by atoms with Gasteiger partial charge in [-0.1, -0.05) is 37.3 Å². The first-order valence-corrected chi connectivity index (χ1v) is 5.60. The molecule has 0 aromatic heterocycles. The Hall–Kier alpha value is -1.65. The fraction of sp³-hybridized carbons (Fsp3) is 0.308. The lowest BCUT2D eigenvalue weighted by molar-refractivity contribution is -0.318. The lowest BCUT2D eigenvalue weighted by atomic mass is 10.1. The quantitative estimate of drug-likeness (QED) is 0.643. The molecular weight excluding hydrogens is 218 g/mol. The molecule has 0 bridgehead atoms. The van der Waals surface area contributed by atoms with E-state index in [1.165, 1.54) is 0 Å². The van der Waals surface area contributed by atoms with Gasteiger partial charge in [0.25, 0.3) is 0 Å². The number of rotatable bonds is 3. The zero-order valence-electron chi connectivity index (χ0n) is 9.61. The van der Waals surface area contributed by atoms with E-state index in [4.69, 9.17) is 4.84 Å². The van der Waals surface area contributed by atoms with Gasteiger partial charge in [0.15, 0.2) is 0 Å². The fourth-order valence-corrected chi connectivity index (χ4v) is 1.80. The first-order chi connectivity index (χ1) is 8.16. The number of hydrogen-bond donors (Lipinski definition) is 1. The van der Waals surface area contributed by atoms with Crippen LogP contribution in [0.4, 0.5) is 0 Å². The minimum Gasteiger partial charge on any atom is -0.337 e. The molecule has 0 spiro atoms. The summed E-state index contributed by atoms with van der Waals surface area (Å²) in [5.74, 6) is -0.161. The lowest BCUT2D eigenvalue weighted by Gasteiger charge is -2.19. The number of allylic oxidation sites excluding steroid dienone is 1. The molecule has 0 unspecified atom stereocenters. The van der Waals surface area contributed by atoms with Crippen molar-refractivity contribution in [3.8, 4) is 0 Å². The zero-order chi connectivity index (χ0) is 12.3. The predicted molar refractivity (Wildman–Crippen MR) is 62.2 cm³/mol. The molecule has 0 saturated heterocycles. The van der Waals surface area contributed by atoms with E-state index >= 15 is 0 Å². The average molecular weight is 233 g/mol. The number of carbonyl (C=O) groups excluding carboxylic acids is 1. The Morgan fingerprint density at radius 2 is 2.06 bits per heavy atom. The van der Waals surface area contributed by atoms with Crippen LogP contribution in [0.3, 0.4) is 0 Å². The Morgan fingerprint density at radius 3 is 2.65 bits per heavy atom. The normalized spacial score (nSPS) is 23.0. The Morgan fingerprint density at radius 1 is 1.35 bits per heavy atom. The summed E-state index contributed by atoms with van der Waals surface area (Å²) in [6.45, 7) is 2.04. The SMILES string of the molecule is C[C@@H]1C=C[C@H](N(O)OC(=O)c2ccccc2)C1. The third-order valence-electron chi connectivity index (χ3n) is 2.74. The minimum absolute atomic E-state index is 0.252. The molecule has 2 atom stereocenters. The van der Waals surface area contributed by atoms with E-state index in [1.54, 1.807) is 24.3 Å². The Labute approximate surface area is 100 Å². The second-order valence-corrected chi connectivity index (χ2v) is 4.21. The largest absolute Gasteiger partial charge is 0.359 e. The van der Waals surface area contributed by atoms with Crippen LogP contribution in [0.2, 0.25) is 0 Å². The molecule has 0 fully saturated rings. The van der Waals surface area contributed by atoms with Crippen LogP contribution in [0.15, 0.2) is 42.5 Å². The van der Waals surface area contributed by atoms with Gasteiger partial charge < -0.3 is 4.84 Å². The average Bonchev–Trinajstić information content (AvgIpc) is 2.77. The van der Waals surface area contributed by atoms with Crippen LogP contribution < -0.4 is 0 Å². The van der Waals surface area contributed by atoms with Gasteiger partial charge >= 0.3 is 5.97 Å². The maximum atomic E-state index is 11.6. The van der Waals surface area contributed by atoms with Crippen molar-refractivity contribution >= 4 is 5.97 Å². The second-order valence-electron chi connectivity index (χ2n) is 4.21. The first-order valence-electron chi connectivity index (χ1n) is 5.60. The summed E-state index contributed by atoms with van der Waals surface area (Å²) in [4.78, 5) is 16.5. The summed E-state index contributed by atoms with van der Waals surface area (Å²) in [7, 11) is 0. The van der Waals surface area contributed by atoms with Crippen LogP contribution in [0.5, 0.6) is 0 Å². The third-order valence-corrected chi connectivity index (χ3v) is 2.74. The minimum atomic E-state index is -0.555. The standard InChI is InChI=1S/C13H15NO3/c1-10-7-8-12(9-10)14(16)17-13(15)11-5-3-2-4-6-11/h2-8,10,12,16H,9H2,1H3/t10-,12+/m1/s1. The van der Waals surface area contributed by atoms with E-state index in [0.29, 0.717) is 16.7 Å². The molecule has 2 rings (SSSR count). The highest BCUT2D eigenvalue weighted by Gasteiger charge is 2.24. The molecule has 17 heavy (non-hydrogen) atoms. The molecule has 0 saturated carbocycles. The van der Waals surface area contributed by atoms with Gasteiger partial charge in [-0.05, 0) is 29.7 Å². The van der Waals surface area contributed by atoms with Gasteiger partial charge in [0, 0.05) is 0 Å². The first kappa shape index (κ1) is 11.8. The molecule has 1 aliphatic carbocycles. The maximum Gasteiger partial charge on any atom is 0.359 e. The number of benzene rings is 1. The van der Waals surface area contributed by atoms with Gasteiger partial charge in [-0.3, -0.25) is 5.21 Å². The highest BCUT2D eigenvalue weighted by Crippen LogP contribution is 2.21. The highest BCUT2D eigenvalue weighted by molar-refractivity contribution is 5.89. The van der Waals surface area contributed by atoms with Crippen LogP contribution in [0.25, 0.3) is 0 Å². The molecule has 1 aliphatic rings. The summed E-state index contributed by atoms with van der Waals surface area (Å²) in [6.07, 6.45) is 4.58. The monoisotopic (exact) mass is 233 g/mol. The number of hydroxylamine groups is 2. The van der Waals surface area contributed by atoms with Gasteiger partial charge in [0.2, 0.25) is 0 Å². The Balaban J connectivity index is 1.93. The van der Waals surface area contributed by atoms with E-state index in [9.17, 15) is 10.0 Å². The van der Waals surface area contributed by atoms with Gasteiger partial charge in [-0.25, -0.2) is 4.79 Å². The number of hydrogen-bond acceptors (Lipinski definition) is 4. The van der Waals surface area contributed by atoms with Crippen LogP contribution in [0, 0.1) is 5.92 Å². The molecule has 1 aromatic carbocycles. The zero-order valence-corrected chi connectivity index (χ0v) is 9.61. The second kappa shape index (κ2) is 5.12. The van der Waals surface area contributed by atoms with E-state index in [1.807, 2.05) is 25.1 Å². The van der Waals surface area contributed by atoms with Crippen molar-refractivity contribution in [1.82, 2.24) is 5.23 Å². The van der Waals surface area contributed by atoms with Crippen molar-refractivity contribution in [2.24, 2.45) is 5.92 Å². The van der Waals surface area contributed by atoms with Gasteiger partial charge in [0.1, 0.15) is 0 Å². The summed E-state index contributed by atoms with van der Waals surface area (Å²) < 4.78 is 0. The van der Waals surface area contributed by atoms with Gasteiger partial charge in [-0.15, -0.1) is 0 Å². The Kier molecular flexibility index (Phi) is 3.56. The van der Waals surface area contributed by atoms with Crippen molar-refractivity contribution < 1.29 is 14.8 Å². The topological polar surface area (TPSA) is 49.8 Å². The van der Waals surface area contributed by atoms with Gasteiger partial charge in [0.05, 0.1) is 11.6 Å². The van der Waals surface area contributed by atoms with Crippen LogP contribution in [-0.4, -0.2) is 22.4 Å². The highest BCUT2D eigenvalue weighted by atomic mass is 16.9. The smallest absolute Gasteiger partial charge is 0.337 e. The number of nitrogens with zero attached hydrogens (tertiary/aromatic N) is 1. The molecule has 0 radical (unpaired) electrons. The van der Waals surface area contributed by atoms with E-state index in [0.717, 1.165) is 6.42 Å². The third kappa shape index (κ3) is 2.93. The van der Waals surface area contributed by atoms with Crippen LogP contribution in [-0.2, 0) is 4.84 Å². The van der Waals surface area contributed by atoms with E-state index in [-0.39, 0.29) is 6.04 Å². The van der Waals surface area contributed by atoms with E-state index in [2.05, 4.69) is 0 Å². The molecule has 1 aromatic rings. The maximum absolute atomic E-state index is 11.6. The Bertz CT molecular complexity index is 416. The van der Waals surface area contributed by atoms with Crippen molar-refractivity contribution in [1.29, 1.82) is 0 Å². The lowest BCUT2D eigenvalue weighted by Crippen LogP contribution is -2.32. The molecule has 0 aliphatic heterocycles. The van der Waals surface area contributed by atoms with E-state index < -0.39 is 5.97 Å². The van der Waals surface area contributed by atoms with Gasteiger partial charge in [-0.2, -0.15) is 0 Å². The summed E-state index contributed by atoms with van der Waals surface area (Å²) >= 11 is 0. The molecule has 90 valence electrons. The predicted octanol–water partition coefficient (Wildman–Crippen LogP) is 2.41. The van der Waals surface area contributed by atoms with Crippen molar-refractivity contribution in [2.45, 2.75) is 19.4 Å². The summed E-state index contributed by atoms with van der Waals surface area (Å²) in [5, 5.41) is 10.3. The molecule has 0 heterocycles. The van der Waals surface area contributed by atoms with Crippen molar-refractivity contribution in [3.63, 3.8) is 0 Å². The summed E-state index contributed by atoms with van der Waals surface area (Å²) in [5.41, 5.74) is 0.418. The molecule has 1 N–H and O–H groups in total. The van der Waals surface area contributed by atoms with Crippen LogP contribution >= 0.6 is 0 Å². The molecule has 0 amide bonds. The fourth-order valence-electron chi connectivity index (χ4n) is 1.80. The molecule has 4 nitrogen and oxygen atoms in total. The van der Waals surface area contributed by atoms with Crippen LogP contribution in [0.1, 0.15) is 23.7 Å². The van der Waals surface area contributed by atoms with Crippen molar-refractivity contribution in [3.05, 3.63) is 48.0 Å². The van der Waals surface area contributed by atoms with Crippen molar-refractivity contribution in [2.75, 3.05) is 0 Å². The molecule has 4 heteroatoms. The molecular formula is C13H15NO3. The number of carbonyl (C=O) groups is 1. The summed E-state index contributed by atoms with van der Waals surface area (Å²) in [6, 6.07) is 8.34.